The summed E-state index contributed by atoms with van der Waals surface area (Å²) in [6.45, 7) is 3.31. The van der Waals surface area contributed by atoms with E-state index in [1.165, 1.54) is 13.8 Å². The monoisotopic (exact) mass is 561 g/mol. The quantitative estimate of drug-likeness (QED) is 0.261. The fourth-order valence-electron chi connectivity index (χ4n) is 3.95. The molecule has 2 aromatic rings. The van der Waals surface area contributed by atoms with E-state index in [0.29, 0.717) is 5.56 Å². The lowest BCUT2D eigenvalue weighted by Gasteiger charge is -2.29. The summed E-state index contributed by atoms with van der Waals surface area (Å²) in [7, 11) is -3.80. The van der Waals surface area contributed by atoms with Crippen molar-refractivity contribution in [3.63, 3.8) is 0 Å². The SMILES string of the molecule is CCOP(=O)(OCC)C(F)(F)C[C@H]1O[C@@H](n2ncnc2C(=O)OC)[C@H](OC(C)=O)[C@@H]1OCc1ccccc1. The third-order valence-corrected chi connectivity index (χ3v) is 7.68. The molecule has 15 heteroatoms. The molecule has 3 rings (SSSR count). The van der Waals surface area contributed by atoms with E-state index in [-0.39, 0.29) is 25.6 Å². The number of methoxy groups -OCH3 is 1. The van der Waals surface area contributed by atoms with Gasteiger partial charge in [-0.05, 0) is 19.4 Å². The Balaban J connectivity index is 2.02. The van der Waals surface area contributed by atoms with E-state index in [1.54, 1.807) is 30.3 Å². The van der Waals surface area contributed by atoms with Crippen molar-refractivity contribution in [1.29, 1.82) is 0 Å². The maximum absolute atomic E-state index is 15.5. The molecule has 1 saturated heterocycles. The summed E-state index contributed by atoms with van der Waals surface area (Å²) in [4.78, 5) is 28.1. The summed E-state index contributed by atoms with van der Waals surface area (Å²) in [5.74, 6) is -1.98. The second-order valence-corrected chi connectivity index (χ2v) is 10.3. The van der Waals surface area contributed by atoms with Gasteiger partial charge in [0.2, 0.25) is 5.82 Å². The van der Waals surface area contributed by atoms with Gasteiger partial charge in [-0.3, -0.25) is 9.36 Å². The molecule has 4 atom stereocenters. The van der Waals surface area contributed by atoms with Crippen LogP contribution in [0.2, 0.25) is 0 Å². The van der Waals surface area contributed by atoms with E-state index < -0.39 is 56.2 Å². The van der Waals surface area contributed by atoms with Gasteiger partial charge < -0.3 is 28.0 Å². The van der Waals surface area contributed by atoms with Crippen LogP contribution >= 0.6 is 7.60 Å². The predicted molar refractivity (Wildman–Crippen MR) is 126 cm³/mol. The van der Waals surface area contributed by atoms with Gasteiger partial charge in [0.05, 0.1) is 39.5 Å². The van der Waals surface area contributed by atoms with Crippen molar-refractivity contribution in [3.05, 3.63) is 48.0 Å². The molecule has 0 saturated carbocycles. The molecule has 0 spiro atoms. The Morgan fingerprint density at radius 2 is 1.79 bits per heavy atom. The third-order valence-electron chi connectivity index (χ3n) is 5.50. The van der Waals surface area contributed by atoms with Crippen LogP contribution < -0.4 is 0 Å². The molecule has 38 heavy (non-hydrogen) atoms. The van der Waals surface area contributed by atoms with Gasteiger partial charge in [-0.2, -0.15) is 13.9 Å². The Morgan fingerprint density at radius 3 is 2.37 bits per heavy atom. The molecular formula is C23H30F2N3O9P. The van der Waals surface area contributed by atoms with Crippen LogP contribution in [0.1, 0.15) is 49.6 Å². The Hall–Kier alpha value is -2.77. The van der Waals surface area contributed by atoms with Gasteiger partial charge in [-0.1, -0.05) is 30.3 Å². The maximum Gasteiger partial charge on any atom is 0.399 e. The molecule has 12 nitrogen and oxygen atoms in total. The van der Waals surface area contributed by atoms with Crippen molar-refractivity contribution in [2.24, 2.45) is 0 Å². The molecule has 0 radical (unpaired) electrons. The Kier molecular flexibility index (Phi) is 10.1. The van der Waals surface area contributed by atoms with E-state index >= 15 is 8.78 Å². The predicted octanol–water partition coefficient (Wildman–Crippen LogP) is 3.73. The van der Waals surface area contributed by atoms with Crippen molar-refractivity contribution in [2.75, 3.05) is 20.3 Å². The summed E-state index contributed by atoms with van der Waals surface area (Å²) in [6.07, 6.45) is -5.72. The summed E-state index contributed by atoms with van der Waals surface area (Å²) in [5.41, 5.74) is -3.31. The van der Waals surface area contributed by atoms with Gasteiger partial charge in [-0.15, -0.1) is 0 Å². The topological polar surface area (TPSA) is 137 Å². The number of nitrogens with zero attached hydrogens (tertiary/aromatic N) is 3. The lowest BCUT2D eigenvalue weighted by Crippen LogP contribution is -2.40. The molecular weight excluding hydrogens is 531 g/mol. The molecule has 1 fully saturated rings. The fraction of sp³-hybridized carbons (Fsp3) is 0.565. The van der Waals surface area contributed by atoms with Crippen LogP contribution in [0, 0.1) is 0 Å². The van der Waals surface area contributed by atoms with Gasteiger partial charge in [0, 0.05) is 6.92 Å². The number of hydrogen-bond acceptors (Lipinski definition) is 11. The number of carbonyl (C=O) groups excluding carboxylic acids is 2. The molecule has 1 aliphatic heterocycles. The van der Waals surface area contributed by atoms with Crippen LogP contribution in [0.15, 0.2) is 36.7 Å². The smallest absolute Gasteiger partial charge is 0.399 e. The summed E-state index contributed by atoms with van der Waals surface area (Å²) >= 11 is 0. The average Bonchev–Trinajstić information content (AvgIpc) is 3.47. The number of ether oxygens (including phenoxy) is 4. The second kappa shape index (κ2) is 12.9. The summed E-state index contributed by atoms with van der Waals surface area (Å²) in [6, 6.07) is 8.83. The normalized spacial score (nSPS) is 21.8. The molecule has 0 aliphatic carbocycles. The maximum atomic E-state index is 15.5. The molecule has 2 heterocycles. The number of alkyl halides is 2. The van der Waals surface area contributed by atoms with Crippen LogP contribution in [-0.4, -0.2) is 71.0 Å². The lowest BCUT2D eigenvalue weighted by molar-refractivity contribution is -0.158. The number of carbonyl (C=O) groups is 2. The zero-order valence-electron chi connectivity index (χ0n) is 21.3. The lowest BCUT2D eigenvalue weighted by atomic mass is 10.1. The van der Waals surface area contributed by atoms with Crippen LogP contribution in [-0.2, 0) is 44.0 Å². The molecule has 1 aromatic heterocycles. The Bertz CT molecular complexity index is 1120. The van der Waals surface area contributed by atoms with Crippen LogP contribution in [0.25, 0.3) is 0 Å². The first kappa shape index (κ1) is 29.8. The number of hydrogen-bond donors (Lipinski definition) is 0. The summed E-state index contributed by atoms with van der Waals surface area (Å²) in [5, 5.41) is 3.96. The molecule has 0 unspecified atom stereocenters. The first-order valence-electron chi connectivity index (χ1n) is 11.8. The molecule has 1 aromatic carbocycles. The minimum absolute atomic E-state index is 0.0583. The first-order chi connectivity index (χ1) is 18.1. The molecule has 0 bridgehead atoms. The highest BCUT2D eigenvalue weighted by Gasteiger charge is 2.59. The van der Waals surface area contributed by atoms with Gasteiger partial charge >= 0.3 is 25.2 Å². The zero-order chi connectivity index (χ0) is 27.9. The second-order valence-electron chi connectivity index (χ2n) is 8.12. The van der Waals surface area contributed by atoms with E-state index in [4.69, 9.17) is 28.0 Å². The van der Waals surface area contributed by atoms with Crippen LogP contribution in [0.3, 0.4) is 0 Å². The van der Waals surface area contributed by atoms with Gasteiger partial charge in [0.25, 0.3) is 0 Å². The van der Waals surface area contributed by atoms with Crippen molar-refractivity contribution in [1.82, 2.24) is 14.8 Å². The highest BCUT2D eigenvalue weighted by Crippen LogP contribution is 2.64. The summed E-state index contributed by atoms with van der Waals surface area (Å²) < 4.78 is 76.7. The van der Waals surface area contributed by atoms with E-state index in [1.807, 2.05) is 0 Å². The Morgan fingerprint density at radius 1 is 1.13 bits per heavy atom. The van der Waals surface area contributed by atoms with Gasteiger partial charge in [-0.25, -0.2) is 14.5 Å². The van der Waals surface area contributed by atoms with E-state index in [9.17, 15) is 14.2 Å². The van der Waals surface area contributed by atoms with Crippen molar-refractivity contribution >= 4 is 19.5 Å². The van der Waals surface area contributed by atoms with Crippen molar-refractivity contribution in [3.8, 4) is 0 Å². The third kappa shape index (κ3) is 6.62. The number of benzene rings is 1. The van der Waals surface area contributed by atoms with E-state index in [0.717, 1.165) is 25.0 Å². The van der Waals surface area contributed by atoms with Crippen molar-refractivity contribution in [2.45, 2.75) is 64.0 Å². The minimum Gasteiger partial charge on any atom is -0.463 e. The number of halogens is 2. The molecule has 1 aliphatic rings. The number of aromatic nitrogens is 3. The molecule has 0 N–H and O–H groups in total. The van der Waals surface area contributed by atoms with Gasteiger partial charge in [0.1, 0.15) is 12.4 Å². The molecule has 0 amide bonds. The zero-order valence-corrected chi connectivity index (χ0v) is 22.2. The van der Waals surface area contributed by atoms with Crippen molar-refractivity contribution < 1.29 is 50.9 Å². The number of esters is 2. The minimum atomic E-state index is -4.92. The standard InChI is InChI=1S/C23H30F2N3O9P/c1-5-34-38(31,35-6-2)23(24,25)12-17-18(33-13-16-10-8-7-9-11-16)19(36-15(3)29)21(37-17)28-20(22(30)32-4)26-14-27-28/h7-11,14,17-19,21H,5-6,12-13H2,1-4H3/t17-,18-,19-,21-/m1/s1. The fourth-order valence-corrected chi connectivity index (χ4v) is 5.48. The highest BCUT2D eigenvalue weighted by molar-refractivity contribution is 7.55. The molecule has 210 valence electrons. The van der Waals surface area contributed by atoms with E-state index in [2.05, 4.69) is 10.1 Å². The van der Waals surface area contributed by atoms with Gasteiger partial charge in [0.15, 0.2) is 12.3 Å². The number of rotatable bonds is 13. The highest BCUT2D eigenvalue weighted by atomic mass is 31.2. The first-order valence-corrected chi connectivity index (χ1v) is 13.3. The average molecular weight is 561 g/mol. The largest absolute Gasteiger partial charge is 0.463 e. The van der Waals surface area contributed by atoms with Crippen LogP contribution in [0.5, 0.6) is 0 Å². The van der Waals surface area contributed by atoms with Crippen LogP contribution in [0.4, 0.5) is 8.78 Å². The Labute approximate surface area is 218 Å².